The summed E-state index contributed by atoms with van der Waals surface area (Å²) in [5.41, 5.74) is 0.516. The number of ketones is 1. The highest BCUT2D eigenvalue weighted by Gasteiger charge is 2.27. The molecule has 0 saturated carbocycles. The Morgan fingerprint density at radius 1 is 1.20 bits per heavy atom. The lowest BCUT2D eigenvalue weighted by Crippen LogP contribution is -2.36. The molecule has 4 nitrogen and oxygen atoms in total. The fourth-order valence-electron chi connectivity index (χ4n) is 2.75. The molecule has 0 amide bonds. The third-order valence-corrected chi connectivity index (χ3v) is 3.51. The summed E-state index contributed by atoms with van der Waals surface area (Å²) in [6.07, 6.45) is 2.09. The van der Waals surface area contributed by atoms with Gasteiger partial charge in [0.2, 0.25) is 0 Å². The van der Waals surface area contributed by atoms with Gasteiger partial charge >= 0.3 is 0 Å². The van der Waals surface area contributed by atoms with Crippen LogP contribution >= 0.6 is 0 Å². The van der Waals surface area contributed by atoms with E-state index in [0.717, 1.165) is 12.8 Å². The number of benzene rings is 1. The number of carbonyl (C=O) groups is 1. The minimum absolute atomic E-state index is 0.0504. The van der Waals surface area contributed by atoms with Gasteiger partial charge in [0.05, 0.1) is 19.3 Å². The molecule has 1 saturated heterocycles. The molecular formula is C16H22O4. The predicted octanol–water partition coefficient (Wildman–Crippen LogP) is 3.23. The number of ether oxygens (including phenoxy) is 3. The van der Waals surface area contributed by atoms with E-state index in [2.05, 4.69) is 0 Å². The van der Waals surface area contributed by atoms with Gasteiger partial charge in [0.1, 0.15) is 23.2 Å². The Morgan fingerprint density at radius 3 is 2.35 bits per heavy atom. The van der Waals surface area contributed by atoms with Crippen molar-refractivity contribution in [2.75, 3.05) is 7.11 Å². The lowest BCUT2D eigenvalue weighted by Gasteiger charge is -2.32. The van der Waals surface area contributed by atoms with Gasteiger partial charge in [0.25, 0.3) is 0 Å². The summed E-state index contributed by atoms with van der Waals surface area (Å²) in [4.78, 5) is 11.8. The Balaban J connectivity index is 2.22. The molecular weight excluding hydrogens is 256 g/mol. The van der Waals surface area contributed by atoms with Crippen LogP contribution in [0.5, 0.6) is 11.5 Å². The Labute approximate surface area is 120 Å². The van der Waals surface area contributed by atoms with Gasteiger partial charge in [0.15, 0.2) is 5.78 Å². The summed E-state index contributed by atoms with van der Waals surface area (Å²) in [7, 11) is 1.56. The van der Waals surface area contributed by atoms with Gasteiger partial charge in [-0.1, -0.05) is 6.07 Å². The first-order chi connectivity index (χ1) is 9.51. The second-order valence-corrected chi connectivity index (χ2v) is 5.36. The molecule has 110 valence electrons. The van der Waals surface area contributed by atoms with Gasteiger partial charge in [-0.05, 0) is 32.9 Å². The molecule has 20 heavy (non-hydrogen) atoms. The van der Waals surface area contributed by atoms with Crippen LogP contribution in [-0.2, 0) is 4.74 Å². The summed E-state index contributed by atoms with van der Waals surface area (Å²) in [5, 5.41) is 0. The van der Waals surface area contributed by atoms with E-state index in [1.165, 1.54) is 6.92 Å². The zero-order chi connectivity index (χ0) is 14.7. The molecule has 2 atom stereocenters. The van der Waals surface area contributed by atoms with Crippen LogP contribution in [-0.4, -0.2) is 31.2 Å². The number of hydrogen-bond donors (Lipinski definition) is 0. The van der Waals surface area contributed by atoms with Crippen LogP contribution in [0, 0.1) is 0 Å². The number of carbonyl (C=O) groups excluding carboxylic acids is 1. The molecule has 0 aromatic heterocycles. The topological polar surface area (TPSA) is 44.8 Å². The van der Waals surface area contributed by atoms with Crippen molar-refractivity contribution in [2.24, 2.45) is 0 Å². The molecule has 1 aromatic carbocycles. The van der Waals surface area contributed by atoms with Crippen molar-refractivity contribution >= 4 is 5.78 Å². The molecule has 1 fully saturated rings. The molecule has 1 aliphatic heterocycles. The van der Waals surface area contributed by atoms with E-state index in [1.807, 2.05) is 26.0 Å². The quantitative estimate of drug-likeness (QED) is 0.793. The maximum absolute atomic E-state index is 11.8. The molecule has 1 aromatic rings. The van der Waals surface area contributed by atoms with Gasteiger partial charge in [-0.2, -0.15) is 0 Å². The molecule has 2 unspecified atom stereocenters. The average Bonchev–Trinajstić information content (AvgIpc) is 2.36. The van der Waals surface area contributed by atoms with Crippen LogP contribution in [0.4, 0.5) is 0 Å². The summed E-state index contributed by atoms with van der Waals surface area (Å²) in [5.74, 6) is 1.11. The Morgan fingerprint density at radius 2 is 1.80 bits per heavy atom. The van der Waals surface area contributed by atoms with E-state index >= 15 is 0 Å². The fourth-order valence-corrected chi connectivity index (χ4v) is 2.75. The van der Waals surface area contributed by atoms with Crippen molar-refractivity contribution < 1.29 is 19.0 Å². The van der Waals surface area contributed by atoms with Gasteiger partial charge in [-0.3, -0.25) is 4.79 Å². The molecule has 0 spiro atoms. The number of Topliss-reactive ketones (excluding diaryl/α,β-unsaturated/α-hetero) is 1. The van der Waals surface area contributed by atoms with Gasteiger partial charge in [-0.25, -0.2) is 0 Å². The van der Waals surface area contributed by atoms with Crippen molar-refractivity contribution in [2.45, 2.75) is 51.9 Å². The highest BCUT2D eigenvalue weighted by Crippen LogP contribution is 2.32. The van der Waals surface area contributed by atoms with E-state index in [-0.39, 0.29) is 24.1 Å². The van der Waals surface area contributed by atoms with Crippen molar-refractivity contribution in [1.82, 2.24) is 0 Å². The zero-order valence-corrected chi connectivity index (χ0v) is 12.5. The first kappa shape index (κ1) is 14.9. The third-order valence-electron chi connectivity index (χ3n) is 3.51. The second kappa shape index (κ2) is 6.27. The zero-order valence-electron chi connectivity index (χ0n) is 12.5. The minimum atomic E-state index is -0.0504. The Bertz CT molecular complexity index is 473. The van der Waals surface area contributed by atoms with Crippen LogP contribution in [0.25, 0.3) is 0 Å². The van der Waals surface area contributed by atoms with Crippen molar-refractivity contribution in [1.29, 1.82) is 0 Å². The summed E-state index contributed by atoms with van der Waals surface area (Å²) >= 11 is 0. The molecule has 2 rings (SSSR count). The van der Waals surface area contributed by atoms with Crippen LogP contribution < -0.4 is 9.47 Å². The Kier molecular flexibility index (Phi) is 4.65. The first-order valence-electron chi connectivity index (χ1n) is 7.01. The normalized spacial score (nSPS) is 26.1. The summed E-state index contributed by atoms with van der Waals surface area (Å²) in [6.45, 7) is 5.62. The maximum atomic E-state index is 11.8. The lowest BCUT2D eigenvalue weighted by atomic mass is 10.0. The standard InChI is InChI=1S/C16H22O4/c1-10-8-13(9-11(2)19-10)20-15-7-5-6-14(18-4)16(15)12(3)17/h5-7,10-11,13H,8-9H2,1-4H3. The molecule has 1 aliphatic rings. The molecule has 0 aliphatic carbocycles. The summed E-state index contributed by atoms with van der Waals surface area (Å²) in [6, 6.07) is 5.44. The van der Waals surface area contributed by atoms with Gasteiger partial charge in [0, 0.05) is 12.8 Å². The summed E-state index contributed by atoms with van der Waals surface area (Å²) < 4.78 is 17.0. The largest absolute Gasteiger partial charge is 0.496 e. The van der Waals surface area contributed by atoms with Crippen molar-refractivity contribution in [3.63, 3.8) is 0 Å². The van der Waals surface area contributed by atoms with Crippen LogP contribution in [0.1, 0.15) is 44.0 Å². The van der Waals surface area contributed by atoms with E-state index in [9.17, 15) is 4.79 Å². The van der Waals surface area contributed by atoms with E-state index in [1.54, 1.807) is 13.2 Å². The third kappa shape index (κ3) is 3.31. The smallest absolute Gasteiger partial charge is 0.167 e. The average molecular weight is 278 g/mol. The van der Waals surface area contributed by atoms with Crippen LogP contribution in [0.2, 0.25) is 0 Å². The SMILES string of the molecule is COc1cccc(OC2CC(C)OC(C)C2)c1C(C)=O. The highest BCUT2D eigenvalue weighted by molar-refractivity contribution is 5.99. The Hall–Kier alpha value is -1.55. The molecule has 1 heterocycles. The maximum Gasteiger partial charge on any atom is 0.167 e. The second-order valence-electron chi connectivity index (χ2n) is 5.36. The van der Waals surface area contributed by atoms with Crippen LogP contribution in [0.3, 0.4) is 0 Å². The molecule has 0 bridgehead atoms. The number of hydrogen-bond acceptors (Lipinski definition) is 4. The van der Waals surface area contributed by atoms with Crippen molar-refractivity contribution in [3.05, 3.63) is 23.8 Å². The number of rotatable bonds is 4. The van der Waals surface area contributed by atoms with Crippen molar-refractivity contribution in [3.8, 4) is 11.5 Å². The van der Waals surface area contributed by atoms with Crippen LogP contribution in [0.15, 0.2) is 18.2 Å². The fraction of sp³-hybridized carbons (Fsp3) is 0.562. The monoisotopic (exact) mass is 278 g/mol. The van der Waals surface area contributed by atoms with Gasteiger partial charge in [-0.15, -0.1) is 0 Å². The molecule has 0 radical (unpaired) electrons. The molecule has 0 N–H and O–H groups in total. The minimum Gasteiger partial charge on any atom is -0.496 e. The van der Waals surface area contributed by atoms with E-state index in [0.29, 0.717) is 17.1 Å². The first-order valence-corrected chi connectivity index (χ1v) is 7.01. The van der Waals surface area contributed by atoms with E-state index in [4.69, 9.17) is 14.2 Å². The highest BCUT2D eigenvalue weighted by atomic mass is 16.5. The number of methoxy groups -OCH3 is 1. The molecule has 4 heteroatoms. The van der Waals surface area contributed by atoms with Gasteiger partial charge < -0.3 is 14.2 Å². The predicted molar refractivity (Wildman–Crippen MR) is 76.7 cm³/mol. The lowest BCUT2D eigenvalue weighted by molar-refractivity contribution is -0.0722. The van der Waals surface area contributed by atoms with E-state index < -0.39 is 0 Å².